The van der Waals surface area contributed by atoms with Crippen molar-refractivity contribution in [2.45, 2.75) is 95.5 Å². The van der Waals surface area contributed by atoms with Gasteiger partial charge in [-0.2, -0.15) is 0 Å². The number of hydrogen-bond donors (Lipinski definition) is 2. The summed E-state index contributed by atoms with van der Waals surface area (Å²) in [7, 11) is -2.59. The Bertz CT molecular complexity index is 995. The lowest BCUT2D eigenvalue weighted by Crippen LogP contribution is -2.54. The van der Waals surface area contributed by atoms with Crippen LogP contribution in [0.15, 0.2) is 24.3 Å². The number of benzene rings is 1. The highest BCUT2D eigenvalue weighted by atomic mass is 28.4. The number of hydrogen-bond acceptors (Lipinski definition) is 7. The summed E-state index contributed by atoms with van der Waals surface area (Å²) in [4.78, 5) is 50.7. The van der Waals surface area contributed by atoms with Crippen LogP contribution in [-0.4, -0.2) is 78.5 Å². The van der Waals surface area contributed by atoms with Gasteiger partial charge in [0, 0.05) is 24.7 Å². The van der Waals surface area contributed by atoms with Gasteiger partial charge in [-0.1, -0.05) is 19.1 Å². The number of amides is 2. The minimum Gasteiger partial charge on any atom is -0.441 e. The molecule has 3 aliphatic heterocycles. The Morgan fingerprint density at radius 3 is 2.49 bits per heavy atom. The van der Waals surface area contributed by atoms with Gasteiger partial charge < -0.3 is 24.3 Å². The van der Waals surface area contributed by atoms with Gasteiger partial charge in [0.05, 0.1) is 37.7 Å². The second-order valence-electron chi connectivity index (χ2n) is 11.3. The molecule has 0 radical (unpaired) electrons. The highest BCUT2D eigenvalue weighted by Gasteiger charge is 2.50. The maximum atomic E-state index is 13.1. The van der Waals surface area contributed by atoms with Crippen molar-refractivity contribution in [2.24, 2.45) is 5.92 Å². The number of likely N-dealkylation sites (tertiary alicyclic amines) is 1. The molecule has 37 heavy (non-hydrogen) atoms. The number of aliphatic hydroxyl groups is 1. The van der Waals surface area contributed by atoms with Crippen molar-refractivity contribution in [1.29, 1.82) is 0 Å². The average molecular weight is 533 g/mol. The normalized spacial score (nSPS) is 29.9. The number of aryl methyl sites for hydroxylation is 1. The number of rotatable bonds is 9. The Morgan fingerprint density at radius 2 is 1.89 bits per heavy atom. The molecule has 1 aromatic carbocycles. The first-order chi connectivity index (χ1) is 17.5. The van der Waals surface area contributed by atoms with Gasteiger partial charge in [-0.15, -0.1) is 0 Å². The van der Waals surface area contributed by atoms with E-state index in [2.05, 4.69) is 6.92 Å². The van der Waals surface area contributed by atoms with E-state index in [4.69, 9.17) is 9.47 Å². The number of nitrogens with zero attached hydrogens (tertiary/aromatic N) is 2. The lowest BCUT2D eigenvalue weighted by atomic mass is 9.95. The quantitative estimate of drug-likeness (QED) is 0.285. The summed E-state index contributed by atoms with van der Waals surface area (Å²) in [6, 6.07) is 7.56. The van der Waals surface area contributed by atoms with E-state index >= 15 is 0 Å². The minimum absolute atomic E-state index is 0.000775. The molecule has 0 bridgehead atoms. The van der Waals surface area contributed by atoms with Gasteiger partial charge in [-0.3, -0.25) is 19.3 Å². The molecule has 2 N–H and O–H groups in total. The number of carbonyl (C=O) groups excluding carboxylic acids is 3. The molecule has 3 saturated heterocycles. The van der Waals surface area contributed by atoms with Gasteiger partial charge >= 0.3 is 5.97 Å². The number of anilines is 1. The molecule has 0 spiro atoms. The summed E-state index contributed by atoms with van der Waals surface area (Å²) in [6.07, 6.45) is 2.75. The summed E-state index contributed by atoms with van der Waals surface area (Å²) in [5, 5.41) is 9.62. The fourth-order valence-corrected chi connectivity index (χ4v) is 8.97. The van der Waals surface area contributed by atoms with Crippen molar-refractivity contribution >= 4 is 31.8 Å². The Hall–Kier alpha value is -2.27. The molecular weight excluding hydrogens is 492 g/mol. The molecule has 6 atom stereocenters. The molecule has 3 fully saturated rings. The van der Waals surface area contributed by atoms with Crippen molar-refractivity contribution in [3.05, 3.63) is 29.8 Å². The highest BCUT2D eigenvalue weighted by Crippen LogP contribution is 2.46. The number of ether oxygens (including phenoxy) is 2. The van der Waals surface area contributed by atoms with Crippen LogP contribution >= 0.6 is 0 Å². The van der Waals surface area contributed by atoms with Crippen LogP contribution in [0.25, 0.3) is 0 Å². The Balaban J connectivity index is 1.37. The topological polar surface area (TPSA) is 117 Å². The standard InChI is InChI=1S/C27H40N2O7Si/c1-17-22(12-9-19-7-10-20(11-8-19)29-25(33)15-26(29)35-18(2)31)36-23(27(17)37(3,4)34)14-24(32)28-13-5-6-21(28)16-30/h7-8,10-11,17,21-23,26-27,30,34H,5-6,9,12-16H2,1-4H3/t17-,21-,22+,23-,26?,27+/m0/s1. The molecule has 204 valence electrons. The lowest BCUT2D eigenvalue weighted by molar-refractivity contribution is -0.154. The number of β-lactam (4-membered cyclic amide) rings is 1. The molecule has 3 aliphatic rings. The van der Waals surface area contributed by atoms with E-state index < -0.39 is 20.5 Å². The van der Waals surface area contributed by atoms with Gasteiger partial charge in [-0.25, -0.2) is 0 Å². The fraction of sp³-hybridized carbons (Fsp3) is 0.667. The molecule has 9 nitrogen and oxygen atoms in total. The zero-order chi connectivity index (χ0) is 26.9. The second kappa shape index (κ2) is 11.2. The first-order valence-electron chi connectivity index (χ1n) is 13.4. The Morgan fingerprint density at radius 1 is 1.19 bits per heavy atom. The van der Waals surface area contributed by atoms with E-state index in [-0.39, 0.29) is 61.0 Å². The molecule has 1 aromatic rings. The molecule has 1 unspecified atom stereocenters. The summed E-state index contributed by atoms with van der Waals surface area (Å²) in [5.41, 5.74) is 1.75. The van der Waals surface area contributed by atoms with Crippen molar-refractivity contribution in [3.8, 4) is 0 Å². The molecule has 4 rings (SSSR count). The van der Waals surface area contributed by atoms with Crippen LogP contribution in [0, 0.1) is 5.92 Å². The Labute approximate surface area is 219 Å². The molecule has 3 heterocycles. The van der Waals surface area contributed by atoms with Gasteiger partial charge in [0.25, 0.3) is 0 Å². The van der Waals surface area contributed by atoms with Crippen LogP contribution in [0.4, 0.5) is 5.69 Å². The van der Waals surface area contributed by atoms with E-state index in [1.54, 1.807) is 4.90 Å². The van der Waals surface area contributed by atoms with Crippen LogP contribution in [0.5, 0.6) is 0 Å². The third kappa shape index (κ3) is 6.08. The van der Waals surface area contributed by atoms with E-state index in [1.165, 1.54) is 11.8 Å². The molecule has 0 aliphatic carbocycles. The molecule has 0 saturated carbocycles. The van der Waals surface area contributed by atoms with Gasteiger partial charge in [0.15, 0.2) is 14.5 Å². The van der Waals surface area contributed by atoms with Gasteiger partial charge in [0.1, 0.15) is 0 Å². The maximum Gasteiger partial charge on any atom is 0.304 e. The van der Waals surface area contributed by atoms with Gasteiger partial charge in [-0.05, 0) is 62.4 Å². The molecule has 2 amide bonds. The monoisotopic (exact) mass is 532 g/mol. The van der Waals surface area contributed by atoms with Crippen LogP contribution in [0.2, 0.25) is 18.6 Å². The predicted octanol–water partition coefficient (Wildman–Crippen LogP) is 2.59. The third-order valence-electron chi connectivity index (χ3n) is 8.14. The van der Waals surface area contributed by atoms with Crippen LogP contribution in [-0.2, 0) is 30.3 Å². The largest absolute Gasteiger partial charge is 0.441 e. The SMILES string of the molecule is CC(=O)OC1CC(=O)N1c1ccc(CC[C@H]2O[C@@H](CC(=O)N3CCC[C@H]3CO)[C@H]([Si](C)(C)O)[C@H]2C)cc1. The number of esters is 1. The van der Waals surface area contributed by atoms with Crippen LogP contribution in [0.1, 0.15) is 51.5 Å². The zero-order valence-corrected chi connectivity index (χ0v) is 23.3. The Kier molecular flexibility index (Phi) is 8.42. The van der Waals surface area contributed by atoms with Crippen LogP contribution < -0.4 is 4.90 Å². The predicted molar refractivity (Wildman–Crippen MR) is 140 cm³/mol. The lowest BCUT2D eigenvalue weighted by Gasteiger charge is -2.39. The number of aliphatic hydroxyl groups excluding tert-OH is 1. The van der Waals surface area contributed by atoms with Gasteiger partial charge in [0.2, 0.25) is 11.8 Å². The highest BCUT2D eigenvalue weighted by molar-refractivity contribution is 6.71. The molecule has 10 heteroatoms. The minimum atomic E-state index is -2.59. The van der Waals surface area contributed by atoms with Crippen molar-refractivity contribution < 1.29 is 33.8 Å². The zero-order valence-electron chi connectivity index (χ0n) is 22.3. The van der Waals surface area contributed by atoms with E-state index in [9.17, 15) is 24.3 Å². The van der Waals surface area contributed by atoms with Crippen molar-refractivity contribution in [1.82, 2.24) is 4.90 Å². The summed E-state index contributed by atoms with van der Waals surface area (Å²) >= 11 is 0. The molecule has 0 aromatic heterocycles. The summed E-state index contributed by atoms with van der Waals surface area (Å²) < 4.78 is 11.6. The van der Waals surface area contributed by atoms with E-state index in [1.807, 2.05) is 37.4 Å². The van der Waals surface area contributed by atoms with Crippen molar-refractivity contribution in [2.75, 3.05) is 18.1 Å². The van der Waals surface area contributed by atoms with E-state index in [0.29, 0.717) is 12.2 Å². The van der Waals surface area contributed by atoms with Crippen LogP contribution in [0.3, 0.4) is 0 Å². The second-order valence-corrected chi connectivity index (χ2v) is 15.2. The first-order valence-corrected chi connectivity index (χ1v) is 16.4. The number of carbonyl (C=O) groups is 3. The summed E-state index contributed by atoms with van der Waals surface area (Å²) in [5.74, 6) is -0.361. The third-order valence-corrected chi connectivity index (χ3v) is 10.7. The smallest absolute Gasteiger partial charge is 0.304 e. The van der Waals surface area contributed by atoms with Crippen molar-refractivity contribution in [3.63, 3.8) is 0 Å². The average Bonchev–Trinajstić information content (AvgIpc) is 3.41. The van der Waals surface area contributed by atoms with E-state index in [0.717, 1.165) is 31.2 Å². The summed E-state index contributed by atoms with van der Waals surface area (Å²) in [6.45, 7) is 7.94. The fourth-order valence-electron chi connectivity index (χ4n) is 6.37. The molecular formula is C27H40N2O7Si. The maximum absolute atomic E-state index is 13.1. The first kappa shape index (κ1) is 27.8.